The SMILES string of the molecule is CC1N=Cc2ccccc2N(C)C1=O. The van der Waals surface area contributed by atoms with Gasteiger partial charge in [-0.1, -0.05) is 18.2 Å². The molecule has 0 saturated carbocycles. The number of carbonyl (C=O) groups is 1. The highest BCUT2D eigenvalue weighted by molar-refractivity contribution is 6.04. The molecule has 0 radical (unpaired) electrons. The van der Waals surface area contributed by atoms with E-state index in [4.69, 9.17) is 0 Å². The molecule has 1 heterocycles. The van der Waals surface area contributed by atoms with Crippen LogP contribution < -0.4 is 4.90 Å². The molecule has 0 fully saturated rings. The largest absolute Gasteiger partial charge is 0.313 e. The predicted molar refractivity (Wildman–Crippen MR) is 56.9 cm³/mol. The molecule has 1 aliphatic heterocycles. The molecule has 0 N–H and O–H groups in total. The smallest absolute Gasteiger partial charge is 0.251 e. The molecule has 3 nitrogen and oxygen atoms in total. The summed E-state index contributed by atoms with van der Waals surface area (Å²) in [7, 11) is 1.78. The van der Waals surface area contributed by atoms with E-state index in [9.17, 15) is 4.79 Å². The van der Waals surface area contributed by atoms with Gasteiger partial charge in [-0.3, -0.25) is 9.79 Å². The van der Waals surface area contributed by atoms with Crippen molar-refractivity contribution >= 4 is 17.8 Å². The fourth-order valence-electron chi connectivity index (χ4n) is 1.56. The summed E-state index contributed by atoms with van der Waals surface area (Å²) in [5, 5.41) is 0. The predicted octanol–water partition coefficient (Wildman–Crippen LogP) is 1.47. The summed E-state index contributed by atoms with van der Waals surface area (Å²) < 4.78 is 0. The van der Waals surface area contributed by atoms with Crippen LogP contribution in [-0.2, 0) is 4.79 Å². The molecule has 1 aromatic carbocycles. The van der Waals surface area contributed by atoms with E-state index >= 15 is 0 Å². The van der Waals surface area contributed by atoms with Gasteiger partial charge in [-0.25, -0.2) is 0 Å². The normalized spacial score (nSPS) is 20.6. The molecule has 1 unspecified atom stereocenters. The Morgan fingerprint density at radius 2 is 2.07 bits per heavy atom. The molecular formula is C11H12N2O. The first-order valence-electron chi connectivity index (χ1n) is 4.60. The number of rotatable bonds is 0. The number of fused-ring (bicyclic) bond motifs is 1. The molecule has 1 atom stereocenters. The maximum atomic E-state index is 11.7. The molecule has 1 aliphatic rings. The standard InChI is InChI=1S/C11H12N2O/c1-8-11(14)13(2)10-6-4-3-5-9(10)7-12-8/h3-8H,1-2H3. The van der Waals surface area contributed by atoms with Gasteiger partial charge in [0.05, 0.1) is 5.69 Å². The number of benzene rings is 1. The van der Waals surface area contributed by atoms with E-state index in [2.05, 4.69) is 4.99 Å². The lowest BCUT2D eigenvalue weighted by molar-refractivity contribution is -0.119. The lowest BCUT2D eigenvalue weighted by Gasteiger charge is -2.18. The molecule has 0 aromatic heterocycles. The average molecular weight is 188 g/mol. The summed E-state index contributed by atoms with van der Waals surface area (Å²) in [4.78, 5) is 17.6. The molecule has 72 valence electrons. The lowest BCUT2D eigenvalue weighted by atomic mass is 10.2. The van der Waals surface area contributed by atoms with Gasteiger partial charge in [-0.2, -0.15) is 0 Å². The Labute approximate surface area is 83.1 Å². The summed E-state index contributed by atoms with van der Waals surface area (Å²) >= 11 is 0. The van der Waals surface area contributed by atoms with Crippen LogP contribution in [-0.4, -0.2) is 25.2 Å². The van der Waals surface area contributed by atoms with E-state index in [0.29, 0.717) is 0 Å². The average Bonchev–Trinajstić information content (AvgIpc) is 2.32. The second kappa shape index (κ2) is 3.25. The third kappa shape index (κ3) is 1.31. The first kappa shape index (κ1) is 8.94. The number of nitrogens with zero attached hydrogens (tertiary/aromatic N) is 2. The Hall–Kier alpha value is -1.64. The van der Waals surface area contributed by atoms with Crippen LogP contribution in [0.15, 0.2) is 29.3 Å². The summed E-state index contributed by atoms with van der Waals surface area (Å²) in [5.74, 6) is 0.0335. The van der Waals surface area contributed by atoms with Gasteiger partial charge < -0.3 is 4.90 Å². The van der Waals surface area contributed by atoms with Gasteiger partial charge in [0.15, 0.2) is 0 Å². The lowest BCUT2D eigenvalue weighted by Crippen LogP contribution is -2.32. The second-order valence-electron chi connectivity index (χ2n) is 3.41. The van der Waals surface area contributed by atoms with Crippen LogP contribution in [0.5, 0.6) is 0 Å². The zero-order valence-corrected chi connectivity index (χ0v) is 8.27. The van der Waals surface area contributed by atoms with Crippen molar-refractivity contribution in [2.24, 2.45) is 4.99 Å². The first-order valence-corrected chi connectivity index (χ1v) is 4.60. The van der Waals surface area contributed by atoms with Crippen molar-refractivity contribution in [2.45, 2.75) is 13.0 Å². The number of carbonyl (C=O) groups excluding carboxylic acids is 1. The molecule has 14 heavy (non-hydrogen) atoms. The maximum Gasteiger partial charge on any atom is 0.251 e. The van der Waals surface area contributed by atoms with Gasteiger partial charge in [0, 0.05) is 18.8 Å². The van der Waals surface area contributed by atoms with Gasteiger partial charge in [-0.05, 0) is 13.0 Å². The number of amides is 1. The summed E-state index contributed by atoms with van der Waals surface area (Å²) in [5.41, 5.74) is 1.92. The minimum Gasteiger partial charge on any atom is -0.313 e. The zero-order chi connectivity index (χ0) is 10.1. The van der Waals surface area contributed by atoms with Crippen molar-refractivity contribution in [3.63, 3.8) is 0 Å². The van der Waals surface area contributed by atoms with E-state index in [1.807, 2.05) is 24.3 Å². The van der Waals surface area contributed by atoms with Crippen LogP contribution in [0.3, 0.4) is 0 Å². The minimum atomic E-state index is -0.285. The summed E-state index contributed by atoms with van der Waals surface area (Å²) in [6.45, 7) is 1.81. The molecular weight excluding hydrogens is 176 g/mol. The number of anilines is 1. The van der Waals surface area contributed by atoms with Crippen molar-refractivity contribution < 1.29 is 4.79 Å². The van der Waals surface area contributed by atoms with Gasteiger partial charge in [0.25, 0.3) is 5.91 Å². The third-order valence-corrected chi connectivity index (χ3v) is 2.42. The van der Waals surface area contributed by atoms with Crippen LogP contribution in [0.2, 0.25) is 0 Å². The van der Waals surface area contributed by atoms with E-state index in [1.165, 1.54) is 0 Å². The number of hydrogen-bond acceptors (Lipinski definition) is 2. The number of aliphatic imine (C=N–C) groups is 1. The van der Waals surface area contributed by atoms with Gasteiger partial charge >= 0.3 is 0 Å². The monoisotopic (exact) mass is 188 g/mol. The minimum absolute atomic E-state index is 0.0335. The summed E-state index contributed by atoms with van der Waals surface area (Å²) in [6.07, 6.45) is 1.77. The van der Waals surface area contributed by atoms with Gasteiger partial charge in [-0.15, -0.1) is 0 Å². The Kier molecular flexibility index (Phi) is 2.08. The van der Waals surface area contributed by atoms with E-state index < -0.39 is 0 Å². The van der Waals surface area contributed by atoms with Crippen molar-refractivity contribution in [1.29, 1.82) is 0 Å². The number of likely N-dealkylation sites (N-methyl/N-ethyl adjacent to an activating group) is 1. The molecule has 1 amide bonds. The van der Waals surface area contributed by atoms with E-state index in [-0.39, 0.29) is 11.9 Å². The van der Waals surface area contributed by atoms with Crippen LogP contribution in [0.1, 0.15) is 12.5 Å². The molecule has 1 aromatic rings. The molecule has 0 aliphatic carbocycles. The zero-order valence-electron chi connectivity index (χ0n) is 8.27. The van der Waals surface area contributed by atoms with E-state index in [1.54, 1.807) is 25.1 Å². The number of benzodiazepines with no additional fused rings is 1. The van der Waals surface area contributed by atoms with Crippen LogP contribution in [0.25, 0.3) is 0 Å². The van der Waals surface area contributed by atoms with Gasteiger partial charge in [0.1, 0.15) is 6.04 Å². The fourth-order valence-corrected chi connectivity index (χ4v) is 1.56. The molecule has 0 spiro atoms. The number of para-hydroxylation sites is 1. The molecule has 0 bridgehead atoms. The second-order valence-corrected chi connectivity index (χ2v) is 3.41. The molecule has 3 heteroatoms. The van der Waals surface area contributed by atoms with Crippen molar-refractivity contribution in [2.75, 3.05) is 11.9 Å². The summed E-state index contributed by atoms with van der Waals surface area (Å²) in [6, 6.07) is 7.47. The van der Waals surface area contributed by atoms with Crippen molar-refractivity contribution in [3.05, 3.63) is 29.8 Å². The highest BCUT2D eigenvalue weighted by Crippen LogP contribution is 2.21. The fraction of sp³-hybridized carbons (Fsp3) is 0.273. The van der Waals surface area contributed by atoms with Crippen molar-refractivity contribution in [1.82, 2.24) is 0 Å². The highest BCUT2D eigenvalue weighted by atomic mass is 16.2. The number of hydrogen-bond donors (Lipinski definition) is 0. The quantitative estimate of drug-likeness (QED) is 0.606. The topological polar surface area (TPSA) is 32.7 Å². The Morgan fingerprint density at radius 1 is 1.36 bits per heavy atom. The molecule has 2 rings (SSSR count). The molecule has 0 saturated heterocycles. The van der Waals surface area contributed by atoms with Crippen molar-refractivity contribution in [3.8, 4) is 0 Å². The van der Waals surface area contributed by atoms with Crippen LogP contribution in [0.4, 0.5) is 5.69 Å². The van der Waals surface area contributed by atoms with Crippen LogP contribution >= 0.6 is 0 Å². The highest BCUT2D eigenvalue weighted by Gasteiger charge is 2.21. The third-order valence-electron chi connectivity index (χ3n) is 2.42. The van der Waals surface area contributed by atoms with Crippen LogP contribution in [0, 0.1) is 0 Å². The first-order chi connectivity index (χ1) is 6.70. The Bertz CT molecular complexity index is 398. The maximum absolute atomic E-state index is 11.7. The van der Waals surface area contributed by atoms with Gasteiger partial charge in [0.2, 0.25) is 0 Å². The Morgan fingerprint density at radius 3 is 2.86 bits per heavy atom. The Balaban J connectivity index is 2.54. The van der Waals surface area contributed by atoms with E-state index in [0.717, 1.165) is 11.3 Å².